The molecule has 2 aliphatic carbocycles. The first-order valence-electron chi connectivity index (χ1n) is 13.3. The van der Waals surface area contributed by atoms with Gasteiger partial charge in [-0.25, -0.2) is 0 Å². The molecule has 1 fully saturated rings. The molecule has 0 spiro atoms. The van der Waals surface area contributed by atoms with Crippen molar-refractivity contribution in [2.45, 2.75) is 130 Å². The Balaban J connectivity index is 1.67. The highest BCUT2D eigenvalue weighted by molar-refractivity contribution is 5.21. The SMILES string of the molecule is CCCCC[C@H](O)C=C[C@@H]1[C@H]2CC(CCCCCCN(C(C)C)C(C)C)=C[C@H]2C[C@H]1O. The molecular weight excluding hydrogens is 382 g/mol. The fourth-order valence-electron chi connectivity index (χ4n) is 5.86. The zero-order valence-electron chi connectivity index (χ0n) is 21.1. The Bertz CT molecular complexity index is 545. The molecular formula is C28H51NO2. The molecule has 3 heteroatoms. The van der Waals surface area contributed by atoms with Crippen molar-refractivity contribution in [3.05, 3.63) is 23.8 Å². The van der Waals surface area contributed by atoms with Crippen LogP contribution in [0.4, 0.5) is 0 Å². The summed E-state index contributed by atoms with van der Waals surface area (Å²) < 4.78 is 0. The van der Waals surface area contributed by atoms with Gasteiger partial charge in [-0.3, -0.25) is 4.90 Å². The molecule has 0 saturated heterocycles. The maximum atomic E-state index is 10.5. The molecule has 0 unspecified atom stereocenters. The standard InChI is InChI=1S/C28H51NO2/c1-6-7-10-14-25(30)15-16-26-27-19-23(18-24(27)20-28(26)31)13-11-8-9-12-17-29(21(2)3)22(4)5/h15-16,18,21-22,24-28,30-31H,6-14,17,19-20H2,1-5H3/t24-,25-,26+,27-,28+/m0/s1. The molecule has 0 heterocycles. The minimum atomic E-state index is -0.353. The molecule has 0 radical (unpaired) electrons. The van der Waals surface area contributed by atoms with E-state index in [1.54, 1.807) is 5.57 Å². The van der Waals surface area contributed by atoms with Crippen LogP contribution in [0.5, 0.6) is 0 Å². The smallest absolute Gasteiger partial charge is 0.0721 e. The van der Waals surface area contributed by atoms with Crippen LogP contribution in [0.1, 0.15) is 105 Å². The Kier molecular flexibility index (Phi) is 11.8. The van der Waals surface area contributed by atoms with Gasteiger partial charge >= 0.3 is 0 Å². The van der Waals surface area contributed by atoms with E-state index in [0.29, 0.717) is 23.9 Å². The number of rotatable bonds is 15. The molecule has 0 aromatic carbocycles. The van der Waals surface area contributed by atoms with E-state index in [-0.39, 0.29) is 18.1 Å². The first-order chi connectivity index (χ1) is 14.8. The Labute approximate surface area is 193 Å². The summed E-state index contributed by atoms with van der Waals surface area (Å²) in [5, 5.41) is 20.8. The average Bonchev–Trinajstić information content (AvgIpc) is 3.21. The van der Waals surface area contributed by atoms with Gasteiger partial charge in [-0.05, 0) is 84.6 Å². The van der Waals surface area contributed by atoms with Crippen molar-refractivity contribution in [1.29, 1.82) is 0 Å². The summed E-state index contributed by atoms with van der Waals surface area (Å²) in [6.45, 7) is 12.6. The molecule has 0 aromatic heterocycles. The van der Waals surface area contributed by atoms with Gasteiger partial charge in [0.25, 0.3) is 0 Å². The summed E-state index contributed by atoms with van der Waals surface area (Å²) in [7, 11) is 0. The lowest BCUT2D eigenvalue weighted by atomic mass is 9.88. The highest BCUT2D eigenvalue weighted by atomic mass is 16.3. The van der Waals surface area contributed by atoms with Crippen molar-refractivity contribution in [2.75, 3.05) is 6.54 Å². The van der Waals surface area contributed by atoms with Gasteiger partial charge in [0.15, 0.2) is 0 Å². The van der Waals surface area contributed by atoms with Gasteiger partial charge in [0.2, 0.25) is 0 Å². The number of fused-ring (bicyclic) bond motifs is 1. The van der Waals surface area contributed by atoms with Gasteiger partial charge in [-0.2, -0.15) is 0 Å². The van der Waals surface area contributed by atoms with Gasteiger partial charge in [-0.15, -0.1) is 0 Å². The van der Waals surface area contributed by atoms with Crippen LogP contribution in [0.3, 0.4) is 0 Å². The van der Waals surface area contributed by atoms with Crippen LogP contribution in [-0.2, 0) is 0 Å². The molecule has 3 nitrogen and oxygen atoms in total. The fraction of sp³-hybridized carbons (Fsp3) is 0.857. The number of unbranched alkanes of at least 4 members (excludes halogenated alkanes) is 5. The number of aliphatic hydroxyl groups excluding tert-OH is 2. The zero-order chi connectivity index (χ0) is 22.8. The third-order valence-corrected chi connectivity index (χ3v) is 7.60. The monoisotopic (exact) mass is 433 g/mol. The zero-order valence-corrected chi connectivity index (χ0v) is 21.1. The van der Waals surface area contributed by atoms with E-state index in [4.69, 9.17) is 0 Å². The lowest BCUT2D eigenvalue weighted by molar-refractivity contribution is 0.139. The summed E-state index contributed by atoms with van der Waals surface area (Å²) in [5.74, 6) is 1.31. The maximum Gasteiger partial charge on any atom is 0.0721 e. The normalized spacial score (nSPS) is 27.1. The number of hydrogen-bond acceptors (Lipinski definition) is 3. The lowest BCUT2D eigenvalue weighted by Gasteiger charge is -2.30. The highest BCUT2D eigenvalue weighted by Crippen LogP contribution is 2.48. The summed E-state index contributed by atoms with van der Waals surface area (Å²) in [6, 6.07) is 1.27. The Morgan fingerprint density at radius 3 is 2.42 bits per heavy atom. The molecule has 5 atom stereocenters. The molecule has 180 valence electrons. The van der Waals surface area contributed by atoms with Crippen LogP contribution in [0, 0.1) is 17.8 Å². The summed E-state index contributed by atoms with van der Waals surface area (Å²) in [5.41, 5.74) is 1.62. The number of nitrogens with zero attached hydrogens (tertiary/aromatic N) is 1. The summed E-state index contributed by atoms with van der Waals surface area (Å²) in [4.78, 5) is 2.60. The van der Waals surface area contributed by atoms with Crippen molar-refractivity contribution in [3.8, 4) is 0 Å². The van der Waals surface area contributed by atoms with E-state index < -0.39 is 0 Å². The molecule has 0 bridgehead atoms. The second-order valence-electron chi connectivity index (χ2n) is 10.8. The van der Waals surface area contributed by atoms with E-state index in [9.17, 15) is 10.2 Å². The third kappa shape index (κ3) is 8.67. The third-order valence-electron chi connectivity index (χ3n) is 7.60. The van der Waals surface area contributed by atoms with Crippen LogP contribution in [-0.4, -0.2) is 45.9 Å². The lowest BCUT2D eigenvalue weighted by Crippen LogP contribution is -2.37. The van der Waals surface area contributed by atoms with Crippen LogP contribution in [0.2, 0.25) is 0 Å². The van der Waals surface area contributed by atoms with Gasteiger partial charge < -0.3 is 10.2 Å². The predicted molar refractivity (Wildman–Crippen MR) is 133 cm³/mol. The molecule has 1 saturated carbocycles. The van der Waals surface area contributed by atoms with Gasteiger partial charge in [-0.1, -0.05) is 62.8 Å². The van der Waals surface area contributed by atoms with Gasteiger partial charge in [0, 0.05) is 18.0 Å². The van der Waals surface area contributed by atoms with Crippen molar-refractivity contribution in [1.82, 2.24) is 4.90 Å². The van der Waals surface area contributed by atoms with Crippen LogP contribution >= 0.6 is 0 Å². The second kappa shape index (κ2) is 13.8. The number of allylic oxidation sites excluding steroid dienone is 2. The Morgan fingerprint density at radius 1 is 1.03 bits per heavy atom. The first-order valence-corrected chi connectivity index (χ1v) is 13.3. The quantitative estimate of drug-likeness (QED) is 0.229. The Hall–Kier alpha value is -0.640. The van der Waals surface area contributed by atoms with Crippen LogP contribution in [0.25, 0.3) is 0 Å². The average molecular weight is 434 g/mol. The minimum Gasteiger partial charge on any atom is -0.392 e. The molecule has 2 N–H and O–H groups in total. The van der Waals surface area contributed by atoms with Crippen molar-refractivity contribution < 1.29 is 10.2 Å². The maximum absolute atomic E-state index is 10.5. The van der Waals surface area contributed by atoms with E-state index >= 15 is 0 Å². The molecule has 0 aliphatic heterocycles. The second-order valence-corrected chi connectivity index (χ2v) is 10.8. The molecule has 0 amide bonds. The highest BCUT2D eigenvalue weighted by Gasteiger charge is 2.43. The molecule has 0 aromatic rings. The van der Waals surface area contributed by atoms with E-state index in [2.05, 4.69) is 51.7 Å². The van der Waals surface area contributed by atoms with E-state index in [1.807, 2.05) is 6.08 Å². The first kappa shape index (κ1) is 26.6. The van der Waals surface area contributed by atoms with E-state index in [0.717, 1.165) is 25.7 Å². The fourth-order valence-corrected chi connectivity index (χ4v) is 5.86. The van der Waals surface area contributed by atoms with Crippen molar-refractivity contribution in [2.24, 2.45) is 17.8 Å². The summed E-state index contributed by atoms with van der Waals surface area (Å²) in [6.07, 6.45) is 18.8. The largest absolute Gasteiger partial charge is 0.392 e. The van der Waals surface area contributed by atoms with Crippen molar-refractivity contribution >= 4 is 0 Å². The number of aliphatic hydroxyl groups is 2. The minimum absolute atomic E-state index is 0.220. The predicted octanol–water partition coefficient (Wildman–Crippen LogP) is 6.50. The van der Waals surface area contributed by atoms with Gasteiger partial charge in [0.05, 0.1) is 12.2 Å². The molecule has 31 heavy (non-hydrogen) atoms. The topological polar surface area (TPSA) is 43.7 Å². The molecule has 2 aliphatic rings. The van der Waals surface area contributed by atoms with Crippen LogP contribution in [0.15, 0.2) is 23.8 Å². The summed E-state index contributed by atoms with van der Waals surface area (Å²) >= 11 is 0. The van der Waals surface area contributed by atoms with Crippen LogP contribution < -0.4 is 0 Å². The van der Waals surface area contributed by atoms with Gasteiger partial charge in [0.1, 0.15) is 0 Å². The molecule has 2 rings (SSSR count). The van der Waals surface area contributed by atoms with E-state index in [1.165, 1.54) is 51.5 Å². The number of hydrogen-bond donors (Lipinski definition) is 2. The van der Waals surface area contributed by atoms with Crippen molar-refractivity contribution in [3.63, 3.8) is 0 Å². The Morgan fingerprint density at radius 2 is 1.74 bits per heavy atom.